The van der Waals surface area contributed by atoms with Gasteiger partial charge in [-0.05, 0) is 26.0 Å². The molecule has 0 spiro atoms. The number of benzene rings is 1. The Morgan fingerprint density at radius 3 is 2.67 bits per heavy atom. The summed E-state index contributed by atoms with van der Waals surface area (Å²) in [5.41, 5.74) is 3.86. The Morgan fingerprint density at radius 2 is 2.00 bits per heavy atom. The minimum absolute atomic E-state index is 0.364. The Balaban J connectivity index is 2.15. The van der Waals surface area contributed by atoms with Crippen LogP contribution in [-0.4, -0.2) is 38.2 Å². The van der Waals surface area contributed by atoms with Crippen molar-refractivity contribution in [3.63, 3.8) is 0 Å². The smallest absolute Gasteiger partial charge is 0.154 e. The van der Waals surface area contributed by atoms with Crippen LogP contribution in [0, 0.1) is 13.8 Å². The molecule has 24 heavy (non-hydrogen) atoms. The number of fused-ring (bicyclic) bond motifs is 1. The van der Waals surface area contributed by atoms with Crippen LogP contribution in [-0.2, 0) is 11.3 Å². The molecule has 0 aliphatic heterocycles. The fraction of sp³-hybridized carbons (Fsp3) is 0.235. The molecular weight excluding hydrogens is 326 g/mol. The van der Waals surface area contributed by atoms with Gasteiger partial charge in [-0.25, -0.2) is 9.19 Å². The number of imidazole rings is 1. The van der Waals surface area contributed by atoms with Crippen LogP contribution in [0.4, 0.5) is 0 Å². The van der Waals surface area contributed by atoms with Crippen LogP contribution in [0.15, 0.2) is 24.4 Å². The highest BCUT2D eigenvalue weighted by Gasteiger charge is 2.19. The fourth-order valence-electron chi connectivity index (χ4n) is 2.68. The summed E-state index contributed by atoms with van der Waals surface area (Å²) in [5, 5.41) is 0. The number of pyridine rings is 1. The van der Waals surface area contributed by atoms with E-state index in [2.05, 4.69) is 15.0 Å². The summed E-state index contributed by atoms with van der Waals surface area (Å²) < 4.78 is 22.4. The van der Waals surface area contributed by atoms with E-state index in [-0.39, 0.29) is 0 Å². The maximum Gasteiger partial charge on any atom is 0.154 e. The topological polar surface area (TPSA) is 77.1 Å². The van der Waals surface area contributed by atoms with Crippen molar-refractivity contribution in [2.75, 3.05) is 14.2 Å². The van der Waals surface area contributed by atoms with E-state index in [4.69, 9.17) is 9.47 Å². The number of aryl methyl sites for hydroxylation is 1. The normalized spacial score (nSPS) is 10.7. The molecule has 3 rings (SSSR count). The minimum Gasteiger partial charge on any atom is -0.497 e. The molecule has 0 saturated carbocycles. The second-order valence-electron chi connectivity index (χ2n) is 5.33. The van der Waals surface area contributed by atoms with Crippen molar-refractivity contribution in [1.82, 2.24) is 15.0 Å². The standard InChI is InChI=1S/C17H17N3O3S/c1-9-8-18-14(10(2)15(9)23-4)16(24-21)17-19-12-6-5-11(22-3)7-13(12)20-17/h5-8H,1-4H3,(H,19,20). The first-order chi connectivity index (χ1) is 11.6. The monoisotopic (exact) mass is 343 g/mol. The predicted octanol–water partition coefficient (Wildman–Crippen LogP) is 2.37. The molecule has 0 amide bonds. The molecule has 1 aromatic carbocycles. The van der Waals surface area contributed by atoms with Crippen LogP contribution in [0.1, 0.15) is 22.6 Å². The van der Waals surface area contributed by atoms with Crippen molar-refractivity contribution in [3.8, 4) is 11.5 Å². The van der Waals surface area contributed by atoms with Crippen molar-refractivity contribution in [3.05, 3.63) is 47.0 Å². The number of hydrogen-bond acceptors (Lipinski definition) is 5. The van der Waals surface area contributed by atoms with Gasteiger partial charge in [0, 0.05) is 23.4 Å². The molecule has 0 fully saturated rings. The third-order valence-corrected chi connectivity index (χ3v) is 4.40. The quantitative estimate of drug-likeness (QED) is 0.581. The van der Waals surface area contributed by atoms with Crippen LogP contribution in [0.2, 0.25) is 0 Å². The first-order valence-electron chi connectivity index (χ1n) is 7.30. The molecule has 0 aliphatic carbocycles. The molecule has 124 valence electrons. The van der Waals surface area contributed by atoms with Crippen LogP contribution in [0.3, 0.4) is 0 Å². The molecule has 3 aromatic rings. The fourth-order valence-corrected chi connectivity index (χ4v) is 3.14. The number of nitrogens with one attached hydrogen (secondary N) is 1. The van der Waals surface area contributed by atoms with Crippen LogP contribution < -0.4 is 9.47 Å². The summed E-state index contributed by atoms with van der Waals surface area (Å²) in [7, 11) is 3.21. The highest BCUT2D eigenvalue weighted by Crippen LogP contribution is 2.26. The van der Waals surface area contributed by atoms with E-state index in [1.54, 1.807) is 20.4 Å². The molecule has 0 radical (unpaired) electrons. The molecule has 7 heteroatoms. The Morgan fingerprint density at radius 1 is 1.21 bits per heavy atom. The molecule has 6 nitrogen and oxygen atoms in total. The lowest BCUT2D eigenvalue weighted by molar-refractivity contribution is 0.407. The number of ether oxygens (including phenoxy) is 2. The molecule has 2 aromatic heterocycles. The second-order valence-corrected chi connectivity index (χ2v) is 5.90. The van der Waals surface area contributed by atoms with Gasteiger partial charge in [-0.15, -0.1) is 0 Å². The highest BCUT2D eigenvalue weighted by molar-refractivity contribution is 7.67. The van der Waals surface area contributed by atoms with Gasteiger partial charge in [-0.1, -0.05) is 0 Å². The van der Waals surface area contributed by atoms with Crippen LogP contribution in [0.5, 0.6) is 11.5 Å². The molecule has 0 unspecified atom stereocenters. The van der Waals surface area contributed by atoms with E-state index in [0.29, 0.717) is 27.6 Å². The molecule has 0 saturated heterocycles. The van der Waals surface area contributed by atoms with Gasteiger partial charge in [0.05, 0.1) is 30.9 Å². The maximum absolute atomic E-state index is 11.8. The van der Waals surface area contributed by atoms with Crippen molar-refractivity contribution in [2.24, 2.45) is 0 Å². The molecule has 2 heterocycles. The average molecular weight is 343 g/mol. The third-order valence-electron chi connectivity index (χ3n) is 3.85. The van der Waals surface area contributed by atoms with Gasteiger partial charge in [-0.3, -0.25) is 4.98 Å². The minimum atomic E-state index is 0.364. The first kappa shape index (κ1) is 16.2. The zero-order chi connectivity index (χ0) is 17.3. The zero-order valence-corrected chi connectivity index (χ0v) is 14.7. The predicted molar refractivity (Wildman–Crippen MR) is 94.3 cm³/mol. The number of aromatic amines is 1. The number of rotatable bonds is 4. The molecule has 0 atom stereocenters. The van der Waals surface area contributed by atoms with Crippen molar-refractivity contribution < 1.29 is 13.7 Å². The SMILES string of the molecule is COc1ccc2nc(C(=S=O)c3ncc(C)c(OC)c3C)[nH]c2c1. The highest BCUT2D eigenvalue weighted by atomic mass is 32.1. The number of methoxy groups -OCH3 is 2. The number of hydrogen-bond donors (Lipinski definition) is 1. The Hall–Kier alpha value is -2.67. The second kappa shape index (κ2) is 6.45. The molecule has 0 bridgehead atoms. The van der Waals surface area contributed by atoms with E-state index in [1.807, 2.05) is 32.0 Å². The summed E-state index contributed by atoms with van der Waals surface area (Å²) in [5.74, 6) is 1.93. The lowest BCUT2D eigenvalue weighted by Crippen LogP contribution is -2.11. The molecular formula is C17H17N3O3S. The summed E-state index contributed by atoms with van der Waals surface area (Å²) in [6.07, 6.45) is 1.70. The first-order valence-corrected chi connectivity index (χ1v) is 8.04. The van der Waals surface area contributed by atoms with Crippen LogP contribution in [0.25, 0.3) is 11.0 Å². The Kier molecular flexibility index (Phi) is 4.35. The summed E-state index contributed by atoms with van der Waals surface area (Å²) in [6.45, 7) is 3.80. The lowest BCUT2D eigenvalue weighted by atomic mass is 10.1. The van der Waals surface area contributed by atoms with Gasteiger partial charge in [-0.2, -0.15) is 0 Å². The maximum atomic E-state index is 11.8. The van der Waals surface area contributed by atoms with Gasteiger partial charge < -0.3 is 14.5 Å². The molecule has 0 aliphatic rings. The van der Waals surface area contributed by atoms with Gasteiger partial charge in [0.1, 0.15) is 27.6 Å². The largest absolute Gasteiger partial charge is 0.497 e. The van der Waals surface area contributed by atoms with Crippen molar-refractivity contribution >= 4 is 27.2 Å². The average Bonchev–Trinajstić information content (AvgIpc) is 3.00. The van der Waals surface area contributed by atoms with Gasteiger partial charge in [0.25, 0.3) is 0 Å². The van der Waals surface area contributed by atoms with Gasteiger partial charge >= 0.3 is 0 Å². The zero-order valence-electron chi connectivity index (χ0n) is 13.8. The van der Waals surface area contributed by atoms with E-state index in [0.717, 1.165) is 33.7 Å². The van der Waals surface area contributed by atoms with Gasteiger partial charge in [0.2, 0.25) is 0 Å². The van der Waals surface area contributed by atoms with Crippen LogP contribution >= 0.6 is 0 Å². The summed E-state index contributed by atoms with van der Waals surface area (Å²) >= 11 is 0.364. The van der Waals surface area contributed by atoms with E-state index < -0.39 is 0 Å². The molecule has 1 N–H and O–H groups in total. The third kappa shape index (κ3) is 2.67. The number of aromatic nitrogens is 3. The van der Waals surface area contributed by atoms with Crippen molar-refractivity contribution in [2.45, 2.75) is 13.8 Å². The van der Waals surface area contributed by atoms with E-state index >= 15 is 0 Å². The Labute approximate surface area is 142 Å². The number of nitrogens with zero attached hydrogens (tertiary/aromatic N) is 2. The Bertz CT molecular complexity index is 975. The van der Waals surface area contributed by atoms with E-state index in [1.165, 1.54) is 0 Å². The summed E-state index contributed by atoms with van der Waals surface area (Å²) in [4.78, 5) is 12.5. The van der Waals surface area contributed by atoms with Gasteiger partial charge in [0.15, 0.2) is 5.82 Å². The van der Waals surface area contributed by atoms with Crippen molar-refractivity contribution in [1.29, 1.82) is 0 Å². The van der Waals surface area contributed by atoms with E-state index in [9.17, 15) is 4.21 Å². The summed E-state index contributed by atoms with van der Waals surface area (Å²) in [6, 6.07) is 5.52. The lowest BCUT2D eigenvalue weighted by Gasteiger charge is -2.11. The number of H-pyrrole nitrogens is 1.